The van der Waals surface area contributed by atoms with Crippen LogP contribution < -0.4 is 4.74 Å². The highest BCUT2D eigenvalue weighted by Gasteiger charge is 2.03. The van der Waals surface area contributed by atoms with Gasteiger partial charge in [0, 0.05) is 12.8 Å². The van der Waals surface area contributed by atoms with Crippen LogP contribution in [0.15, 0.2) is 30.3 Å². The highest BCUT2D eigenvalue weighted by molar-refractivity contribution is 5.72. The molecular weight excluding hydrogens is 204 g/mol. The normalized spacial score (nSPS) is 9.75. The molecule has 0 heterocycles. The number of unbranched alkanes of at least 4 members (excludes halogenated alkanes) is 3. The summed E-state index contributed by atoms with van der Waals surface area (Å²) in [6.45, 7) is 0. The Morgan fingerprint density at radius 1 is 1.12 bits per heavy atom. The van der Waals surface area contributed by atoms with Crippen LogP contribution in [0.4, 0.5) is 0 Å². The summed E-state index contributed by atoms with van der Waals surface area (Å²) in [5.74, 6) is 0.373. The molecule has 0 spiro atoms. The second-order valence-electron chi connectivity index (χ2n) is 3.55. The summed E-state index contributed by atoms with van der Waals surface area (Å²) >= 11 is 0. The van der Waals surface area contributed by atoms with E-state index in [4.69, 9.17) is 4.74 Å². The Bertz CT molecular complexity index is 319. The second kappa shape index (κ2) is 7.63. The Morgan fingerprint density at radius 3 is 2.56 bits per heavy atom. The number of ether oxygens (including phenoxy) is 1. The zero-order chi connectivity index (χ0) is 11.6. The first-order chi connectivity index (χ1) is 7.83. The van der Waals surface area contributed by atoms with Crippen LogP contribution in [-0.4, -0.2) is 12.3 Å². The topological polar surface area (TPSA) is 43.4 Å². The monoisotopic (exact) mass is 220 g/mol. The molecule has 0 N–H and O–H groups in total. The van der Waals surface area contributed by atoms with Gasteiger partial charge in [-0.2, -0.15) is 0 Å². The highest BCUT2D eigenvalue weighted by Crippen LogP contribution is 2.10. The lowest BCUT2D eigenvalue weighted by Crippen LogP contribution is -2.07. The van der Waals surface area contributed by atoms with Crippen LogP contribution in [0.1, 0.15) is 32.1 Å². The molecule has 0 saturated carbocycles. The molecule has 0 atom stereocenters. The summed E-state index contributed by atoms with van der Waals surface area (Å²) < 4.78 is 5.11. The zero-order valence-corrected chi connectivity index (χ0v) is 9.22. The molecule has 3 heteroatoms. The lowest BCUT2D eigenvalue weighted by Gasteiger charge is -2.03. The largest absolute Gasteiger partial charge is 0.427 e. The predicted molar refractivity (Wildman–Crippen MR) is 61.2 cm³/mol. The fourth-order valence-corrected chi connectivity index (χ4v) is 1.34. The SMILES string of the molecule is O=CCCCCCC(=O)Oc1ccccc1. The number of carbonyl (C=O) groups excluding carboxylic acids is 2. The number of aldehydes is 1. The third-order valence-electron chi connectivity index (χ3n) is 2.18. The van der Waals surface area contributed by atoms with Gasteiger partial charge in [0.05, 0.1) is 0 Å². The van der Waals surface area contributed by atoms with E-state index in [0.717, 1.165) is 25.5 Å². The van der Waals surface area contributed by atoms with Crippen LogP contribution in [0.3, 0.4) is 0 Å². The molecule has 1 aromatic carbocycles. The number of para-hydroxylation sites is 1. The standard InChI is InChI=1S/C13H16O3/c14-11-7-2-1-6-10-13(15)16-12-8-4-3-5-9-12/h3-5,8-9,11H,1-2,6-7,10H2. The van der Waals surface area contributed by atoms with Gasteiger partial charge in [0.15, 0.2) is 0 Å². The lowest BCUT2D eigenvalue weighted by atomic mass is 10.1. The van der Waals surface area contributed by atoms with Crippen molar-refractivity contribution in [3.8, 4) is 5.75 Å². The summed E-state index contributed by atoms with van der Waals surface area (Å²) in [6, 6.07) is 9.03. The third-order valence-corrected chi connectivity index (χ3v) is 2.18. The maximum Gasteiger partial charge on any atom is 0.311 e. The summed E-state index contributed by atoms with van der Waals surface area (Å²) in [5, 5.41) is 0. The average Bonchev–Trinajstić information content (AvgIpc) is 2.30. The van der Waals surface area contributed by atoms with Gasteiger partial charge in [0.1, 0.15) is 12.0 Å². The zero-order valence-electron chi connectivity index (χ0n) is 9.22. The number of carbonyl (C=O) groups is 2. The number of rotatable bonds is 7. The van der Waals surface area contributed by atoms with E-state index in [9.17, 15) is 9.59 Å². The summed E-state index contributed by atoms with van der Waals surface area (Å²) in [5.41, 5.74) is 0. The van der Waals surface area contributed by atoms with E-state index in [0.29, 0.717) is 18.6 Å². The molecule has 16 heavy (non-hydrogen) atoms. The van der Waals surface area contributed by atoms with Crippen molar-refractivity contribution in [2.75, 3.05) is 0 Å². The minimum Gasteiger partial charge on any atom is -0.427 e. The van der Waals surface area contributed by atoms with Crippen LogP contribution in [0.5, 0.6) is 5.75 Å². The smallest absolute Gasteiger partial charge is 0.311 e. The van der Waals surface area contributed by atoms with Gasteiger partial charge in [-0.1, -0.05) is 24.6 Å². The molecular formula is C13H16O3. The summed E-state index contributed by atoms with van der Waals surface area (Å²) in [4.78, 5) is 21.4. The third kappa shape index (κ3) is 5.29. The molecule has 0 fully saturated rings. The van der Waals surface area contributed by atoms with Gasteiger partial charge < -0.3 is 9.53 Å². The molecule has 3 nitrogen and oxygen atoms in total. The maximum absolute atomic E-state index is 11.4. The van der Waals surface area contributed by atoms with Gasteiger partial charge in [-0.05, 0) is 25.0 Å². The van der Waals surface area contributed by atoms with Crippen molar-refractivity contribution in [2.24, 2.45) is 0 Å². The van der Waals surface area contributed by atoms with E-state index < -0.39 is 0 Å². The summed E-state index contributed by atoms with van der Waals surface area (Å²) in [6.07, 6.45) is 4.41. The van der Waals surface area contributed by atoms with Crippen molar-refractivity contribution in [3.05, 3.63) is 30.3 Å². The maximum atomic E-state index is 11.4. The molecule has 1 aromatic rings. The van der Waals surface area contributed by atoms with E-state index >= 15 is 0 Å². The van der Waals surface area contributed by atoms with Crippen LogP contribution in [0.2, 0.25) is 0 Å². The molecule has 0 radical (unpaired) electrons. The Kier molecular flexibility index (Phi) is 5.92. The van der Waals surface area contributed by atoms with Crippen molar-refractivity contribution in [1.82, 2.24) is 0 Å². The van der Waals surface area contributed by atoms with Gasteiger partial charge in [-0.3, -0.25) is 4.79 Å². The molecule has 0 unspecified atom stereocenters. The Hall–Kier alpha value is -1.64. The molecule has 0 amide bonds. The molecule has 86 valence electrons. The van der Waals surface area contributed by atoms with E-state index in [2.05, 4.69) is 0 Å². The van der Waals surface area contributed by atoms with Crippen molar-refractivity contribution < 1.29 is 14.3 Å². The second-order valence-corrected chi connectivity index (χ2v) is 3.55. The lowest BCUT2D eigenvalue weighted by molar-refractivity contribution is -0.134. The van der Waals surface area contributed by atoms with Crippen molar-refractivity contribution in [2.45, 2.75) is 32.1 Å². The van der Waals surface area contributed by atoms with E-state index in [1.807, 2.05) is 18.2 Å². The quantitative estimate of drug-likeness (QED) is 0.307. The fraction of sp³-hybridized carbons (Fsp3) is 0.385. The minimum absolute atomic E-state index is 0.211. The first kappa shape index (κ1) is 12.4. The first-order valence-electron chi connectivity index (χ1n) is 5.52. The first-order valence-corrected chi connectivity index (χ1v) is 5.52. The predicted octanol–water partition coefficient (Wildman–Crippen LogP) is 2.74. The van der Waals surface area contributed by atoms with Gasteiger partial charge in [-0.25, -0.2) is 0 Å². The summed E-state index contributed by atoms with van der Waals surface area (Å²) in [7, 11) is 0. The van der Waals surface area contributed by atoms with Gasteiger partial charge in [0.2, 0.25) is 0 Å². The van der Waals surface area contributed by atoms with Gasteiger partial charge in [-0.15, -0.1) is 0 Å². The van der Waals surface area contributed by atoms with Crippen LogP contribution >= 0.6 is 0 Å². The van der Waals surface area contributed by atoms with Crippen molar-refractivity contribution >= 4 is 12.3 Å². The Balaban J connectivity index is 2.14. The van der Waals surface area contributed by atoms with E-state index in [1.165, 1.54) is 0 Å². The van der Waals surface area contributed by atoms with Gasteiger partial charge >= 0.3 is 5.97 Å². The van der Waals surface area contributed by atoms with E-state index in [1.54, 1.807) is 12.1 Å². The highest BCUT2D eigenvalue weighted by atomic mass is 16.5. The minimum atomic E-state index is -0.211. The number of benzene rings is 1. The van der Waals surface area contributed by atoms with Crippen LogP contribution in [0.25, 0.3) is 0 Å². The number of hydrogen-bond acceptors (Lipinski definition) is 3. The average molecular weight is 220 g/mol. The van der Waals surface area contributed by atoms with Crippen molar-refractivity contribution in [3.63, 3.8) is 0 Å². The Morgan fingerprint density at radius 2 is 1.88 bits per heavy atom. The molecule has 0 aromatic heterocycles. The van der Waals surface area contributed by atoms with Crippen LogP contribution in [0, 0.1) is 0 Å². The molecule has 0 aliphatic carbocycles. The fourth-order valence-electron chi connectivity index (χ4n) is 1.34. The molecule has 0 aliphatic heterocycles. The Labute approximate surface area is 95.4 Å². The molecule has 0 bridgehead atoms. The van der Waals surface area contributed by atoms with Gasteiger partial charge in [0.25, 0.3) is 0 Å². The number of esters is 1. The molecule has 1 rings (SSSR count). The van der Waals surface area contributed by atoms with Crippen LogP contribution in [-0.2, 0) is 9.59 Å². The molecule has 0 aliphatic rings. The number of hydrogen-bond donors (Lipinski definition) is 0. The van der Waals surface area contributed by atoms with E-state index in [-0.39, 0.29) is 5.97 Å². The van der Waals surface area contributed by atoms with Crippen molar-refractivity contribution in [1.29, 1.82) is 0 Å². The molecule has 0 saturated heterocycles.